The molecule has 0 saturated heterocycles. The molecule has 2 aromatic rings. The van der Waals surface area contributed by atoms with Gasteiger partial charge in [-0.2, -0.15) is 0 Å². The van der Waals surface area contributed by atoms with Crippen molar-refractivity contribution >= 4 is 0 Å². The minimum absolute atomic E-state index is 0.151. The summed E-state index contributed by atoms with van der Waals surface area (Å²) >= 11 is 0. The zero-order valence-electron chi connectivity index (χ0n) is 12.8. The van der Waals surface area contributed by atoms with E-state index in [1.165, 1.54) is 0 Å². The highest BCUT2D eigenvalue weighted by molar-refractivity contribution is 5.41. The number of benzene rings is 2. The minimum atomic E-state index is -0.689. The maximum atomic E-state index is 10.8. The molecule has 0 amide bonds. The van der Waals surface area contributed by atoms with Gasteiger partial charge in [0.05, 0.1) is 13.2 Å². The highest BCUT2D eigenvalue weighted by Crippen LogP contribution is 2.36. The maximum absolute atomic E-state index is 10.8. The Morgan fingerprint density at radius 1 is 1.10 bits per heavy atom. The lowest BCUT2D eigenvalue weighted by Gasteiger charge is -2.25. The highest BCUT2D eigenvalue weighted by atomic mass is 16.5. The smallest absolute Gasteiger partial charge is 0.124 e. The number of ether oxygens (including phenoxy) is 1. The number of aryl methyl sites for hydroxylation is 2. The van der Waals surface area contributed by atoms with Crippen molar-refractivity contribution in [3.05, 3.63) is 64.7 Å². The molecule has 0 radical (unpaired) electrons. The van der Waals surface area contributed by atoms with E-state index in [2.05, 4.69) is 0 Å². The van der Waals surface area contributed by atoms with Crippen molar-refractivity contribution in [1.29, 1.82) is 0 Å². The third-order valence-electron chi connectivity index (χ3n) is 3.93. The number of methoxy groups -OCH3 is 1. The summed E-state index contributed by atoms with van der Waals surface area (Å²) in [5.74, 6) is 0.544. The van der Waals surface area contributed by atoms with Crippen molar-refractivity contribution in [3.63, 3.8) is 0 Å². The summed E-state index contributed by atoms with van der Waals surface area (Å²) in [6.07, 6.45) is -0.689. The van der Waals surface area contributed by atoms with E-state index in [1.54, 1.807) is 7.11 Å². The molecule has 0 aliphatic rings. The molecular weight excluding hydrogens is 262 g/mol. The van der Waals surface area contributed by atoms with Gasteiger partial charge in [0.25, 0.3) is 0 Å². The van der Waals surface area contributed by atoms with E-state index in [0.717, 1.165) is 22.3 Å². The molecule has 0 heterocycles. The van der Waals surface area contributed by atoms with Crippen LogP contribution < -0.4 is 10.5 Å². The van der Waals surface area contributed by atoms with Crippen LogP contribution in [0.5, 0.6) is 5.75 Å². The number of aliphatic hydroxyl groups is 1. The summed E-state index contributed by atoms with van der Waals surface area (Å²) in [7, 11) is 1.62. The van der Waals surface area contributed by atoms with Crippen LogP contribution in [0.25, 0.3) is 0 Å². The monoisotopic (exact) mass is 285 g/mol. The van der Waals surface area contributed by atoms with Crippen molar-refractivity contribution in [3.8, 4) is 5.75 Å². The molecule has 0 fully saturated rings. The zero-order chi connectivity index (χ0) is 15.4. The average Bonchev–Trinajstić information content (AvgIpc) is 2.49. The van der Waals surface area contributed by atoms with Crippen LogP contribution in [0, 0.1) is 13.8 Å². The first-order valence-corrected chi connectivity index (χ1v) is 7.16. The summed E-state index contributed by atoms with van der Waals surface area (Å²) in [4.78, 5) is 0. The second-order valence-corrected chi connectivity index (χ2v) is 5.39. The van der Waals surface area contributed by atoms with E-state index in [1.807, 2.05) is 56.3 Å². The van der Waals surface area contributed by atoms with Crippen LogP contribution in [0.3, 0.4) is 0 Å². The fraction of sp³-hybridized carbons (Fsp3) is 0.333. The van der Waals surface area contributed by atoms with Gasteiger partial charge in [-0.25, -0.2) is 0 Å². The largest absolute Gasteiger partial charge is 0.496 e. The molecule has 0 aliphatic carbocycles. The molecule has 0 bridgehead atoms. The molecule has 3 nitrogen and oxygen atoms in total. The molecule has 3 N–H and O–H groups in total. The van der Waals surface area contributed by atoms with Gasteiger partial charge in [0.1, 0.15) is 5.75 Å². The standard InChI is InChI=1S/C18H23NO2/c1-12-8-9-17(21-3)15(10-12)18(20)16(11-19)14-7-5-4-6-13(14)2/h4-10,16,18,20H,11,19H2,1-3H3. The number of aliphatic hydroxyl groups excluding tert-OH is 1. The number of nitrogens with two attached hydrogens (primary N) is 1. The van der Waals surface area contributed by atoms with Gasteiger partial charge >= 0.3 is 0 Å². The second kappa shape index (κ2) is 6.74. The number of rotatable bonds is 5. The molecular formula is C18H23NO2. The Balaban J connectivity index is 2.44. The molecule has 2 rings (SSSR count). The lowest BCUT2D eigenvalue weighted by atomic mass is 9.86. The van der Waals surface area contributed by atoms with Crippen LogP contribution >= 0.6 is 0 Å². The Hall–Kier alpha value is -1.84. The van der Waals surface area contributed by atoms with Crippen LogP contribution in [0.2, 0.25) is 0 Å². The first kappa shape index (κ1) is 15.5. The van der Waals surface area contributed by atoms with Crippen LogP contribution in [-0.2, 0) is 0 Å². The molecule has 21 heavy (non-hydrogen) atoms. The summed E-state index contributed by atoms with van der Waals surface area (Å²) in [5.41, 5.74) is 10.0. The predicted molar refractivity (Wildman–Crippen MR) is 85.7 cm³/mol. The van der Waals surface area contributed by atoms with E-state index in [0.29, 0.717) is 12.3 Å². The normalized spacial score (nSPS) is 13.8. The molecule has 2 unspecified atom stereocenters. The lowest BCUT2D eigenvalue weighted by molar-refractivity contribution is 0.143. The molecule has 2 atom stereocenters. The summed E-state index contributed by atoms with van der Waals surface area (Å²) in [6.45, 7) is 4.42. The van der Waals surface area contributed by atoms with Gasteiger partial charge in [0, 0.05) is 18.0 Å². The maximum Gasteiger partial charge on any atom is 0.124 e. The molecule has 0 aliphatic heterocycles. The zero-order valence-corrected chi connectivity index (χ0v) is 12.8. The summed E-state index contributed by atoms with van der Waals surface area (Å²) < 4.78 is 5.38. The summed E-state index contributed by atoms with van der Waals surface area (Å²) in [6, 6.07) is 13.9. The average molecular weight is 285 g/mol. The van der Waals surface area contributed by atoms with E-state index in [-0.39, 0.29) is 5.92 Å². The Bertz CT molecular complexity index is 610. The Kier molecular flexibility index (Phi) is 4.99. The third-order valence-corrected chi connectivity index (χ3v) is 3.93. The third kappa shape index (κ3) is 3.26. The fourth-order valence-electron chi connectivity index (χ4n) is 2.73. The summed E-state index contributed by atoms with van der Waals surface area (Å²) in [5, 5.41) is 10.8. The van der Waals surface area contributed by atoms with Crippen LogP contribution in [0.4, 0.5) is 0 Å². The predicted octanol–water partition coefficient (Wildman–Crippen LogP) is 3.09. The van der Waals surface area contributed by atoms with Crippen LogP contribution in [0.15, 0.2) is 42.5 Å². The van der Waals surface area contributed by atoms with Crippen LogP contribution in [0.1, 0.15) is 34.3 Å². The fourth-order valence-corrected chi connectivity index (χ4v) is 2.73. The Labute approximate surface area is 126 Å². The molecule has 0 saturated carbocycles. The lowest BCUT2D eigenvalue weighted by Crippen LogP contribution is -2.21. The van der Waals surface area contributed by atoms with Gasteiger partial charge in [0.15, 0.2) is 0 Å². The van der Waals surface area contributed by atoms with Gasteiger partial charge in [-0.15, -0.1) is 0 Å². The highest BCUT2D eigenvalue weighted by Gasteiger charge is 2.25. The van der Waals surface area contributed by atoms with Crippen molar-refractivity contribution in [2.45, 2.75) is 25.9 Å². The van der Waals surface area contributed by atoms with E-state index >= 15 is 0 Å². The van der Waals surface area contributed by atoms with Gasteiger partial charge in [0.2, 0.25) is 0 Å². The molecule has 112 valence electrons. The van der Waals surface area contributed by atoms with Crippen molar-refractivity contribution in [1.82, 2.24) is 0 Å². The SMILES string of the molecule is COc1ccc(C)cc1C(O)C(CN)c1ccccc1C. The molecule has 0 aromatic heterocycles. The Morgan fingerprint density at radius 2 is 1.81 bits per heavy atom. The number of hydrogen-bond donors (Lipinski definition) is 2. The topological polar surface area (TPSA) is 55.5 Å². The van der Waals surface area contributed by atoms with Crippen molar-refractivity contribution in [2.75, 3.05) is 13.7 Å². The van der Waals surface area contributed by atoms with Gasteiger partial charge < -0.3 is 15.6 Å². The first-order valence-electron chi connectivity index (χ1n) is 7.16. The van der Waals surface area contributed by atoms with Gasteiger partial charge in [-0.05, 0) is 37.1 Å². The van der Waals surface area contributed by atoms with Crippen LogP contribution in [-0.4, -0.2) is 18.8 Å². The van der Waals surface area contributed by atoms with Gasteiger partial charge in [-0.1, -0.05) is 35.9 Å². The molecule has 0 spiro atoms. The second-order valence-electron chi connectivity index (χ2n) is 5.39. The molecule has 2 aromatic carbocycles. The Morgan fingerprint density at radius 3 is 2.43 bits per heavy atom. The minimum Gasteiger partial charge on any atom is -0.496 e. The number of hydrogen-bond acceptors (Lipinski definition) is 3. The van der Waals surface area contributed by atoms with E-state index in [4.69, 9.17) is 10.5 Å². The van der Waals surface area contributed by atoms with Crippen molar-refractivity contribution < 1.29 is 9.84 Å². The van der Waals surface area contributed by atoms with E-state index < -0.39 is 6.10 Å². The first-order chi connectivity index (χ1) is 10.1. The van der Waals surface area contributed by atoms with Crippen molar-refractivity contribution in [2.24, 2.45) is 5.73 Å². The quantitative estimate of drug-likeness (QED) is 0.887. The van der Waals surface area contributed by atoms with E-state index in [9.17, 15) is 5.11 Å². The van der Waals surface area contributed by atoms with Gasteiger partial charge in [-0.3, -0.25) is 0 Å². The molecule has 3 heteroatoms.